The molecule has 0 N–H and O–H groups in total. The molecule has 0 fully saturated rings. The van der Waals surface area contributed by atoms with Crippen LogP contribution in [-0.2, 0) is 11.3 Å². The smallest absolute Gasteiger partial charge is 0.225 e. The lowest BCUT2D eigenvalue weighted by atomic mass is 10.1. The highest BCUT2D eigenvalue weighted by Gasteiger charge is 2.17. The van der Waals surface area contributed by atoms with E-state index in [1.807, 2.05) is 79.4 Å². The molecule has 3 nitrogen and oxygen atoms in total. The molecule has 0 spiro atoms. The first-order valence-electron chi connectivity index (χ1n) is 7.67. The normalized spacial score (nSPS) is 10.5. The summed E-state index contributed by atoms with van der Waals surface area (Å²) in [5.41, 5.74) is 1.14. The number of ether oxygens (including phenoxy) is 1. The monoisotopic (exact) mass is 297 g/mol. The molecule has 0 aliphatic rings. The van der Waals surface area contributed by atoms with Gasteiger partial charge in [0.05, 0.1) is 6.54 Å². The first kappa shape index (κ1) is 16.1. The van der Waals surface area contributed by atoms with Gasteiger partial charge in [-0.3, -0.25) is 4.79 Å². The van der Waals surface area contributed by atoms with Crippen molar-refractivity contribution in [1.82, 2.24) is 4.90 Å². The molecule has 0 aliphatic heterocycles. The Hall–Kier alpha value is -2.29. The number of amides is 1. The van der Waals surface area contributed by atoms with Gasteiger partial charge in [0.2, 0.25) is 5.91 Å². The van der Waals surface area contributed by atoms with Gasteiger partial charge >= 0.3 is 0 Å². The third-order valence-corrected chi connectivity index (χ3v) is 3.39. The van der Waals surface area contributed by atoms with Crippen molar-refractivity contribution in [1.29, 1.82) is 0 Å². The van der Waals surface area contributed by atoms with Crippen LogP contribution < -0.4 is 4.74 Å². The van der Waals surface area contributed by atoms with E-state index in [0.717, 1.165) is 11.3 Å². The fraction of sp³-hybridized carbons (Fsp3) is 0.316. The maximum absolute atomic E-state index is 12.4. The molecule has 0 aliphatic carbocycles. The Morgan fingerprint density at radius 2 is 1.59 bits per heavy atom. The van der Waals surface area contributed by atoms with Crippen molar-refractivity contribution in [3.63, 3.8) is 0 Å². The molecule has 0 bridgehead atoms. The number of para-hydroxylation sites is 1. The van der Waals surface area contributed by atoms with E-state index >= 15 is 0 Å². The van der Waals surface area contributed by atoms with Crippen LogP contribution in [0.1, 0.15) is 19.4 Å². The van der Waals surface area contributed by atoms with Gasteiger partial charge < -0.3 is 9.64 Å². The Labute approximate surface area is 132 Å². The van der Waals surface area contributed by atoms with Gasteiger partial charge in [-0.25, -0.2) is 0 Å². The highest BCUT2D eigenvalue weighted by atomic mass is 16.5. The van der Waals surface area contributed by atoms with Crippen molar-refractivity contribution in [3.8, 4) is 5.75 Å². The lowest BCUT2D eigenvalue weighted by Crippen LogP contribution is -2.36. The van der Waals surface area contributed by atoms with Crippen LogP contribution in [0.15, 0.2) is 60.7 Å². The summed E-state index contributed by atoms with van der Waals surface area (Å²) in [6.07, 6.45) is 0. The third-order valence-electron chi connectivity index (χ3n) is 3.39. The highest BCUT2D eigenvalue weighted by molar-refractivity contribution is 5.78. The van der Waals surface area contributed by atoms with Crippen LogP contribution in [0.5, 0.6) is 5.75 Å². The number of carbonyl (C=O) groups excluding carboxylic acids is 1. The van der Waals surface area contributed by atoms with Gasteiger partial charge in [0.15, 0.2) is 0 Å². The van der Waals surface area contributed by atoms with Gasteiger partial charge in [-0.15, -0.1) is 0 Å². The molecule has 0 atom stereocenters. The molecule has 0 radical (unpaired) electrons. The predicted octanol–water partition coefficient (Wildman–Crippen LogP) is 3.75. The predicted molar refractivity (Wildman–Crippen MR) is 88.6 cm³/mol. The fourth-order valence-corrected chi connectivity index (χ4v) is 2.23. The summed E-state index contributed by atoms with van der Waals surface area (Å²) in [6.45, 7) is 5.56. The molecule has 0 saturated heterocycles. The number of hydrogen-bond acceptors (Lipinski definition) is 2. The van der Waals surface area contributed by atoms with Crippen molar-refractivity contribution in [2.45, 2.75) is 20.4 Å². The Morgan fingerprint density at radius 3 is 2.18 bits per heavy atom. The van der Waals surface area contributed by atoms with Crippen LogP contribution in [0, 0.1) is 5.92 Å². The summed E-state index contributed by atoms with van der Waals surface area (Å²) in [5.74, 6) is 0.972. The maximum Gasteiger partial charge on any atom is 0.225 e. The summed E-state index contributed by atoms with van der Waals surface area (Å²) >= 11 is 0. The zero-order chi connectivity index (χ0) is 15.8. The van der Waals surface area contributed by atoms with Crippen molar-refractivity contribution >= 4 is 5.91 Å². The Kier molecular flexibility index (Phi) is 6.01. The van der Waals surface area contributed by atoms with Crippen molar-refractivity contribution in [2.24, 2.45) is 5.92 Å². The van der Waals surface area contributed by atoms with Crippen LogP contribution >= 0.6 is 0 Å². The fourth-order valence-electron chi connectivity index (χ4n) is 2.23. The molecular formula is C19H23NO2. The lowest BCUT2D eigenvalue weighted by Gasteiger charge is -2.24. The molecule has 0 heterocycles. The largest absolute Gasteiger partial charge is 0.492 e. The minimum Gasteiger partial charge on any atom is -0.492 e. The maximum atomic E-state index is 12.4. The molecule has 0 saturated carbocycles. The molecular weight excluding hydrogens is 274 g/mol. The van der Waals surface area contributed by atoms with Gasteiger partial charge in [0.25, 0.3) is 0 Å². The molecule has 3 heteroatoms. The molecule has 0 aromatic heterocycles. The van der Waals surface area contributed by atoms with E-state index in [1.165, 1.54) is 0 Å². The van der Waals surface area contributed by atoms with Gasteiger partial charge in [0.1, 0.15) is 12.4 Å². The van der Waals surface area contributed by atoms with E-state index in [1.54, 1.807) is 0 Å². The summed E-state index contributed by atoms with van der Waals surface area (Å²) in [7, 11) is 0. The third kappa shape index (κ3) is 4.92. The summed E-state index contributed by atoms with van der Waals surface area (Å²) < 4.78 is 5.71. The number of nitrogens with zero attached hydrogens (tertiary/aromatic N) is 1. The van der Waals surface area contributed by atoms with Gasteiger partial charge in [-0.05, 0) is 17.7 Å². The average molecular weight is 297 g/mol. The number of hydrogen-bond donors (Lipinski definition) is 0. The van der Waals surface area contributed by atoms with Crippen LogP contribution in [0.4, 0.5) is 0 Å². The van der Waals surface area contributed by atoms with Crippen LogP contribution in [0.3, 0.4) is 0 Å². The number of carbonyl (C=O) groups is 1. The van der Waals surface area contributed by atoms with E-state index in [2.05, 4.69) is 0 Å². The minimum absolute atomic E-state index is 0.0135. The van der Waals surface area contributed by atoms with Gasteiger partial charge in [-0.1, -0.05) is 62.4 Å². The summed E-state index contributed by atoms with van der Waals surface area (Å²) in [4.78, 5) is 14.2. The van der Waals surface area contributed by atoms with E-state index in [4.69, 9.17) is 4.74 Å². The molecule has 0 unspecified atom stereocenters. The van der Waals surface area contributed by atoms with Crippen molar-refractivity contribution < 1.29 is 9.53 Å². The number of benzene rings is 2. The van der Waals surface area contributed by atoms with E-state index in [0.29, 0.717) is 19.7 Å². The van der Waals surface area contributed by atoms with Crippen LogP contribution in [-0.4, -0.2) is 24.0 Å². The topological polar surface area (TPSA) is 29.5 Å². The molecule has 2 aromatic carbocycles. The average Bonchev–Trinajstić information content (AvgIpc) is 2.55. The number of rotatable bonds is 7. The van der Waals surface area contributed by atoms with Crippen molar-refractivity contribution in [2.75, 3.05) is 13.2 Å². The molecule has 2 rings (SSSR count). The first-order chi connectivity index (χ1) is 10.7. The standard InChI is InChI=1S/C19H23NO2/c1-16(2)19(21)20(15-17-9-5-3-6-10-17)13-14-22-18-11-7-4-8-12-18/h3-12,16H,13-15H2,1-2H3. The zero-order valence-electron chi connectivity index (χ0n) is 13.2. The summed E-state index contributed by atoms with van der Waals surface area (Å²) in [5, 5.41) is 0. The van der Waals surface area contributed by atoms with Crippen LogP contribution in [0.2, 0.25) is 0 Å². The molecule has 116 valence electrons. The van der Waals surface area contributed by atoms with E-state index in [9.17, 15) is 4.79 Å². The van der Waals surface area contributed by atoms with E-state index in [-0.39, 0.29) is 11.8 Å². The molecule has 2 aromatic rings. The van der Waals surface area contributed by atoms with Gasteiger partial charge in [0, 0.05) is 12.5 Å². The summed E-state index contributed by atoms with van der Waals surface area (Å²) in [6, 6.07) is 19.7. The second-order valence-corrected chi connectivity index (χ2v) is 5.56. The minimum atomic E-state index is -0.0135. The highest BCUT2D eigenvalue weighted by Crippen LogP contribution is 2.11. The SMILES string of the molecule is CC(C)C(=O)N(CCOc1ccccc1)Cc1ccccc1. The molecule has 22 heavy (non-hydrogen) atoms. The molecule has 1 amide bonds. The quantitative estimate of drug-likeness (QED) is 0.779. The Bertz CT molecular complexity index is 567. The van der Waals surface area contributed by atoms with Gasteiger partial charge in [-0.2, -0.15) is 0 Å². The lowest BCUT2D eigenvalue weighted by molar-refractivity contribution is -0.135. The van der Waals surface area contributed by atoms with Crippen molar-refractivity contribution in [3.05, 3.63) is 66.2 Å². The van der Waals surface area contributed by atoms with Crippen LogP contribution in [0.25, 0.3) is 0 Å². The zero-order valence-corrected chi connectivity index (χ0v) is 13.2. The first-order valence-corrected chi connectivity index (χ1v) is 7.67. The Morgan fingerprint density at radius 1 is 1.00 bits per heavy atom. The second kappa shape index (κ2) is 8.23. The van der Waals surface area contributed by atoms with E-state index < -0.39 is 0 Å². The Balaban J connectivity index is 1.94. The second-order valence-electron chi connectivity index (χ2n) is 5.56.